The van der Waals surface area contributed by atoms with Crippen LogP contribution in [0.3, 0.4) is 0 Å². The summed E-state index contributed by atoms with van der Waals surface area (Å²) < 4.78 is 1.42. The molecule has 0 unspecified atom stereocenters. The van der Waals surface area contributed by atoms with Crippen LogP contribution in [-0.2, 0) is 11.3 Å². The van der Waals surface area contributed by atoms with E-state index in [0.29, 0.717) is 11.2 Å². The smallest absolute Gasteiger partial charge is 0.324 e. The molecule has 1 amide bonds. The highest BCUT2D eigenvalue weighted by Gasteiger charge is 2.14. The minimum Gasteiger partial charge on any atom is -0.324 e. The van der Waals surface area contributed by atoms with Gasteiger partial charge in [0.2, 0.25) is 5.91 Å². The Morgan fingerprint density at radius 1 is 0.931 bits per heavy atom. The van der Waals surface area contributed by atoms with Gasteiger partial charge in [-0.25, -0.2) is 4.79 Å². The average molecular weight is 383 g/mol. The standard InChI is InChI=1S/C24H21N3O2/c1-16-9-8-13-20(17(16)2)25-22(28)15-27-21-14-7-6-12-19(21)23(26-24(27)29)18-10-4-3-5-11-18/h3-14H,15H2,1-2H3,(H,25,28). The normalized spacial score (nSPS) is 10.8. The Bertz CT molecular complexity index is 1260. The van der Waals surface area contributed by atoms with E-state index in [1.807, 2.05) is 86.6 Å². The molecule has 0 saturated heterocycles. The molecule has 0 aliphatic rings. The average Bonchev–Trinajstić information content (AvgIpc) is 2.74. The number of carbonyl (C=O) groups is 1. The first-order chi connectivity index (χ1) is 14.0. The molecule has 5 nitrogen and oxygen atoms in total. The number of fused-ring (bicyclic) bond motifs is 1. The van der Waals surface area contributed by atoms with E-state index >= 15 is 0 Å². The maximum atomic E-state index is 12.8. The number of hydrogen-bond donors (Lipinski definition) is 1. The van der Waals surface area contributed by atoms with Crippen molar-refractivity contribution in [3.8, 4) is 11.3 Å². The molecular weight excluding hydrogens is 362 g/mol. The van der Waals surface area contributed by atoms with Crippen LogP contribution in [0, 0.1) is 13.8 Å². The van der Waals surface area contributed by atoms with E-state index in [2.05, 4.69) is 10.3 Å². The minimum atomic E-state index is -0.446. The Morgan fingerprint density at radius 2 is 1.66 bits per heavy atom. The number of carbonyl (C=O) groups excluding carboxylic acids is 1. The second-order valence-electron chi connectivity index (χ2n) is 7.01. The van der Waals surface area contributed by atoms with E-state index in [0.717, 1.165) is 27.8 Å². The van der Waals surface area contributed by atoms with Gasteiger partial charge in [-0.3, -0.25) is 9.36 Å². The Labute approximate surface area is 168 Å². The monoisotopic (exact) mass is 383 g/mol. The zero-order chi connectivity index (χ0) is 20.4. The number of nitrogens with zero attached hydrogens (tertiary/aromatic N) is 2. The molecule has 5 heteroatoms. The number of nitrogens with one attached hydrogen (secondary N) is 1. The molecule has 1 aromatic heterocycles. The van der Waals surface area contributed by atoms with Crippen molar-refractivity contribution in [2.24, 2.45) is 0 Å². The summed E-state index contributed by atoms with van der Waals surface area (Å²) in [5.41, 5.74) is 4.59. The maximum absolute atomic E-state index is 12.8. The molecule has 29 heavy (non-hydrogen) atoms. The van der Waals surface area contributed by atoms with E-state index < -0.39 is 5.69 Å². The molecule has 0 saturated carbocycles. The maximum Gasteiger partial charge on any atom is 0.349 e. The van der Waals surface area contributed by atoms with E-state index in [9.17, 15) is 9.59 Å². The third-order valence-corrected chi connectivity index (χ3v) is 5.12. The van der Waals surface area contributed by atoms with Crippen LogP contribution in [0.25, 0.3) is 22.2 Å². The molecule has 0 aliphatic heterocycles. The largest absolute Gasteiger partial charge is 0.349 e. The van der Waals surface area contributed by atoms with Crippen LogP contribution >= 0.6 is 0 Å². The van der Waals surface area contributed by atoms with Gasteiger partial charge in [-0.1, -0.05) is 60.7 Å². The van der Waals surface area contributed by atoms with E-state index in [4.69, 9.17) is 0 Å². The van der Waals surface area contributed by atoms with Crippen molar-refractivity contribution in [1.29, 1.82) is 0 Å². The zero-order valence-corrected chi connectivity index (χ0v) is 16.3. The molecule has 1 heterocycles. The van der Waals surface area contributed by atoms with Gasteiger partial charge in [0.1, 0.15) is 6.54 Å². The van der Waals surface area contributed by atoms with Crippen LogP contribution in [0.2, 0.25) is 0 Å². The SMILES string of the molecule is Cc1cccc(NC(=O)Cn2c(=O)nc(-c3ccccc3)c3ccccc32)c1C. The lowest BCUT2D eigenvalue weighted by molar-refractivity contribution is -0.116. The van der Waals surface area contributed by atoms with Crippen molar-refractivity contribution in [3.63, 3.8) is 0 Å². The Hall–Kier alpha value is -3.73. The Morgan fingerprint density at radius 3 is 2.45 bits per heavy atom. The summed E-state index contributed by atoms with van der Waals surface area (Å²) in [4.78, 5) is 29.8. The van der Waals surface area contributed by atoms with Gasteiger partial charge in [0.05, 0.1) is 11.2 Å². The van der Waals surface area contributed by atoms with Crippen LogP contribution < -0.4 is 11.0 Å². The molecule has 0 spiro atoms. The minimum absolute atomic E-state index is 0.102. The van der Waals surface area contributed by atoms with Crippen molar-refractivity contribution in [2.45, 2.75) is 20.4 Å². The summed E-state index contributed by atoms with van der Waals surface area (Å²) in [6, 6.07) is 22.9. The van der Waals surface area contributed by atoms with Crippen molar-refractivity contribution in [2.75, 3.05) is 5.32 Å². The first kappa shape index (κ1) is 18.6. The highest BCUT2D eigenvalue weighted by molar-refractivity contribution is 5.95. The highest BCUT2D eigenvalue weighted by atomic mass is 16.2. The number of rotatable bonds is 4. The van der Waals surface area contributed by atoms with E-state index in [1.54, 1.807) is 0 Å². The number of aryl methyl sites for hydroxylation is 1. The molecule has 144 valence electrons. The molecule has 0 atom stereocenters. The molecule has 0 fully saturated rings. The Balaban J connectivity index is 1.73. The number of benzene rings is 3. The second-order valence-corrected chi connectivity index (χ2v) is 7.01. The van der Waals surface area contributed by atoms with Crippen LogP contribution in [0.15, 0.2) is 77.6 Å². The predicted molar refractivity (Wildman–Crippen MR) is 116 cm³/mol. The van der Waals surface area contributed by atoms with Gasteiger partial charge in [0.25, 0.3) is 0 Å². The highest BCUT2D eigenvalue weighted by Crippen LogP contribution is 2.25. The first-order valence-corrected chi connectivity index (χ1v) is 9.45. The predicted octanol–water partition coefficient (Wildman–Crippen LogP) is 4.32. The molecule has 0 radical (unpaired) electrons. The molecular formula is C24H21N3O2. The summed E-state index contributed by atoms with van der Waals surface area (Å²) in [6.07, 6.45) is 0. The Kier molecular flexibility index (Phi) is 4.96. The van der Waals surface area contributed by atoms with Crippen LogP contribution in [0.5, 0.6) is 0 Å². The van der Waals surface area contributed by atoms with Gasteiger partial charge in [0, 0.05) is 16.6 Å². The van der Waals surface area contributed by atoms with Crippen molar-refractivity contribution in [1.82, 2.24) is 9.55 Å². The van der Waals surface area contributed by atoms with Gasteiger partial charge in [-0.05, 0) is 37.1 Å². The quantitative estimate of drug-likeness (QED) is 0.571. The van der Waals surface area contributed by atoms with Gasteiger partial charge in [-0.2, -0.15) is 4.98 Å². The first-order valence-electron chi connectivity index (χ1n) is 9.45. The fraction of sp³-hybridized carbons (Fsp3) is 0.125. The summed E-state index contributed by atoms with van der Waals surface area (Å²) >= 11 is 0. The summed E-state index contributed by atoms with van der Waals surface area (Å²) in [6.45, 7) is 3.85. The third kappa shape index (κ3) is 3.67. The number of anilines is 1. The summed E-state index contributed by atoms with van der Waals surface area (Å²) in [5.74, 6) is -0.264. The summed E-state index contributed by atoms with van der Waals surface area (Å²) in [7, 11) is 0. The van der Waals surface area contributed by atoms with Gasteiger partial charge in [-0.15, -0.1) is 0 Å². The van der Waals surface area contributed by atoms with Crippen LogP contribution in [0.1, 0.15) is 11.1 Å². The lowest BCUT2D eigenvalue weighted by Gasteiger charge is -2.14. The van der Waals surface area contributed by atoms with Gasteiger partial charge >= 0.3 is 5.69 Å². The zero-order valence-electron chi connectivity index (χ0n) is 16.3. The molecule has 3 aromatic carbocycles. The number of aromatic nitrogens is 2. The van der Waals surface area contributed by atoms with Crippen molar-refractivity contribution in [3.05, 3.63) is 94.4 Å². The molecule has 4 aromatic rings. The van der Waals surface area contributed by atoms with Gasteiger partial charge < -0.3 is 5.32 Å². The van der Waals surface area contributed by atoms with Crippen molar-refractivity contribution < 1.29 is 4.79 Å². The lowest BCUT2D eigenvalue weighted by Crippen LogP contribution is -2.30. The second kappa shape index (κ2) is 7.72. The number of para-hydroxylation sites is 1. The number of hydrogen-bond acceptors (Lipinski definition) is 3. The molecule has 4 rings (SSSR count). The molecule has 0 bridgehead atoms. The van der Waals surface area contributed by atoms with Crippen molar-refractivity contribution >= 4 is 22.5 Å². The lowest BCUT2D eigenvalue weighted by atomic mass is 10.1. The fourth-order valence-electron chi connectivity index (χ4n) is 3.42. The van der Waals surface area contributed by atoms with Gasteiger partial charge in [0.15, 0.2) is 0 Å². The molecule has 0 aliphatic carbocycles. The molecule has 1 N–H and O–H groups in total. The van der Waals surface area contributed by atoms with Crippen LogP contribution in [-0.4, -0.2) is 15.5 Å². The van der Waals surface area contributed by atoms with E-state index in [1.165, 1.54) is 4.57 Å². The fourth-order valence-corrected chi connectivity index (χ4v) is 3.42. The summed E-state index contributed by atoms with van der Waals surface area (Å²) in [5, 5.41) is 3.74. The number of amides is 1. The third-order valence-electron chi connectivity index (χ3n) is 5.12. The van der Waals surface area contributed by atoms with E-state index in [-0.39, 0.29) is 12.5 Å². The topological polar surface area (TPSA) is 64.0 Å². The van der Waals surface area contributed by atoms with Crippen LogP contribution in [0.4, 0.5) is 5.69 Å².